The van der Waals surface area contributed by atoms with Gasteiger partial charge in [0.1, 0.15) is 0 Å². The Balaban J connectivity index is 2.18. The summed E-state index contributed by atoms with van der Waals surface area (Å²) >= 11 is 6.04. The van der Waals surface area contributed by atoms with E-state index in [1.165, 1.54) is 0 Å². The van der Waals surface area contributed by atoms with Gasteiger partial charge in [0.15, 0.2) is 0 Å². The van der Waals surface area contributed by atoms with Gasteiger partial charge in [-0.15, -0.1) is 0 Å². The summed E-state index contributed by atoms with van der Waals surface area (Å²) in [5.41, 5.74) is 2.06. The Morgan fingerprint density at radius 3 is 2.56 bits per heavy atom. The van der Waals surface area contributed by atoms with E-state index in [4.69, 9.17) is 11.6 Å². The molecule has 1 N–H and O–H groups in total. The van der Waals surface area contributed by atoms with Gasteiger partial charge in [0, 0.05) is 18.0 Å². The minimum Gasteiger partial charge on any atom is -0.313 e. The van der Waals surface area contributed by atoms with Crippen LogP contribution in [0.3, 0.4) is 0 Å². The second-order valence-corrected chi connectivity index (χ2v) is 4.75. The molecular formula is C13H17ClF3N. The van der Waals surface area contributed by atoms with E-state index in [2.05, 4.69) is 5.32 Å². The molecule has 0 saturated heterocycles. The molecule has 1 aromatic rings. The Morgan fingerprint density at radius 2 is 1.94 bits per heavy atom. The number of hydrogen-bond donors (Lipinski definition) is 1. The Hall–Kier alpha value is -0.740. The number of nitrogens with one attached hydrogen (secondary N) is 1. The van der Waals surface area contributed by atoms with E-state index in [0.29, 0.717) is 24.5 Å². The van der Waals surface area contributed by atoms with E-state index >= 15 is 0 Å². The fourth-order valence-corrected chi connectivity index (χ4v) is 1.90. The zero-order valence-electron chi connectivity index (χ0n) is 10.3. The normalized spacial score (nSPS) is 11.8. The quantitative estimate of drug-likeness (QED) is 0.758. The fourth-order valence-electron chi connectivity index (χ4n) is 1.59. The smallest absolute Gasteiger partial charge is 0.313 e. The molecule has 0 aromatic heterocycles. The summed E-state index contributed by atoms with van der Waals surface area (Å²) in [5.74, 6) is 0. The average molecular weight is 280 g/mol. The van der Waals surface area contributed by atoms with Crippen molar-refractivity contribution < 1.29 is 13.2 Å². The lowest BCUT2D eigenvalue weighted by Gasteiger charge is -2.08. The first kappa shape index (κ1) is 15.3. The van der Waals surface area contributed by atoms with Gasteiger partial charge < -0.3 is 5.32 Å². The summed E-state index contributed by atoms with van der Waals surface area (Å²) < 4.78 is 35.6. The molecule has 0 saturated carbocycles. The lowest BCUT2D eigenvalue weighted by molar-refractivity contribution is -0.135. The summed E-state index contributed by atoms with van der Waals surface area (Å²) in [6, 6.07) is 5.77. The van der Waals surface area contributed by atoms with Gasteiger partial charge >= 0.3 is 6.18 Å². The standard InChI is InChI=1S/C13H17ClF3N/c1-10-4-5-11(12(14)8-10)9-18-7-3-2-6-13(15,16)17/h4-5,8,18H,2-3,6-7,9H2,1H3. The van der Waals surface area contributed by atoms with Crippen LogP contribution in [0, 0.1) is 6.92 Å². The van der Waals surface area contributed by atoms with Gasteiger partial charge in [0.25, 0.3) is 0 Å². The van der Waals surface area contributed by atoms with Crippen LogP contribution in [0.25, 0.3) is 0 Å². The highest BCUT2D eigenvalue weighted by Gasteiger charge is 2.25. The first-order chi connectivity index (χ1) is 8.38. The Morgan fingerprint density at radius 1 is 1.22 bits per heavy atom. The number of halogens is 4. The van der Waals surface area contributed by atoms with Crippen molar-refractivity contribution in [2.45, 2.75) is 38.9 Å². The number of unbranched alkanes of at least 4 members (excludes halogenated alkanes) is 1. The summed E-state index contributed by atoms with van der Waals surface area (Å²) in [6.45, 7) is 3.12. The van der Waals surface area contributed by atoms with Gasteiger partial charge in [0.05, 0.1) is 0 Å². The zero-order chi connectivity index (χ0) is 13.6. The van der Waals surface area contributed by atoms with Crippen molar-refractivity contribution in [3.8, 4) is 0 Å². The Labute approximate surface area is 110 Å². The first-order valence-corrected chi connectivity index (χ1v) is 6.29. The van der Waals surface area contributed by atoms with E-state index in [-0.39, 0.29) is 6.42 Å². The van der Waals surface area contributed by atoms with Crippen molar-refractivity contribution in [3.05, 3.63) is 34.3 Å². The maximum atomic E-state index is 11.9. The molecule has 0 radical (unpaired) electrons. The monoisotopic (exact) mass is 279 g/mol. The van der Waals surface area contributed by atoms with Crippen LogP contribution in [0.4, 0.5) is 13.2 Å². The van der Waals surface area contributed by atoms with Crippen molar-refractivity contribution in [3.63, 3.8) is 0 Å². The first-order valence-electron chi connectivity index (χ1n) is 5.91. The highest BCUT2D eigenvalue weighted by molar-refractivity contribution is 6.31. The SMILES string of the molecule is Cc1ccc(CNCCCCC(F)(F)F)c(Cl)c1. The van der Waals surface area contributed by atoms with E-state index < -0.39 is 12.6 Å². The van der Waals surface area contributed by atoms with Crippen molar-refractivity contribution in [1.29, 1.82) is 0 Å². The minimum atomic E-state index is -4.04. The van der Waals surface area contributed by atoms with E-state index in [9.17, 15) is 13.2 Å². The number of benzene rings is 1. The van der Waals surface area contributed by atoms with Gasteiger partial charge in [-0.05, 0) is 43.5 Å². The molecular weight excluding hydrogens is 263 g/mol. The van der Waals surface area contributed by atoms with Crippen LogP contribution in [-0.4, -0.2) is 12.7 Å². The van der Waals surface area contributed by atoms with Crippen molar-refractivity contribution in [1.82, 2.24) is 5.32 Å². The van der Waals surface area contributed by atoms with Crippen LogP contribution in [0.15, 0.2) is 18.2 Å². The molecule has 0 aliphatic carbocycles. The minimum absolute atomic E-state index is 0.165. The second kappa shape index (κ2) is 7.00. The Bertz CT molecular complexity index is 377. The van der Waals surface area contributed by atoms with Gasteiger partial charge in [-0.3, -0.25) is 0 Å². The summed E-state index contributed by atoms with van der Waals surface area (Å²) in [4.78, 5) is 0. The predicted molar refractivity (Wildman–Crippen MR) is 67.8 cm³/mol. The third-order valence-electron chi connectivity index (χ3n) is 2.59. The van der Waals surface area contributed by atoms with Crippen molar-refractivity contribution >= 4 is 11.6 Å². The predicted octanol–water partition coefficient (Wildman–Crippen LogP) is 4.47. The highest BCUT2D eigenvalue weighted by Crippen LogP contribution is 2.22. The molecule has 1 aromatic carbocycles. The van der Waals surface area contributed by atoms with Crippen molar-refractivity contribution in [2.75, 3.05) is 6.54 Å². The third-order valence-corrected chi connectivity index (χ3v) is 2.94. The van der Waals surface area contributed by atoms with E-state index in [1.54, 1.807) is 0 Å². The van der Waals surface area contributed by atoms with Crippen LogP contribution in [0.2, 0.25) is 5.02 Å². The molecule has 5 heteroatoms. The third kappa shape index (κ3) is 6.26. The maximum absolute atomic E-state index is 11.9. The van der Waals surface area contributed by atoms with Crippen molar-refractivity contribution in [2.24, 2.45) is 0 Å². The Kier molecular flexibility index (Phi) is 5.96. The van der Waals surface area contributed by atoms with E-state index in [1.807, 2.05) is 25.1 Å². The highest BCUT2D eigenvalue weighted by atomic mass is 35.5. The molecule has 0 bridgehead atoms. The topological polar surface area (TPSA) is 12.0 Å². The van der Waals surface area contributed by atoms with Crippen LogP contribution >= 0.6 is 11.6 Å². The molecule has 0 fully saturated rings. The number of aryl methyl sites for hydroxylation is 1. The van der Waals surface area contributed by atoms with Crippen LogP contribution in [0.1, 0.15) is 30.4 Å². The molecule has 0 amide bonds. The number of hydrogen-bond acceptors (Lipinski definition) is 1. The number of alkyl halides is 3. The molecule has 0 atom stereocenters. The van der Waals surface area contributed by atoms with Gasteiger partial charge in [-0.1, -0.05) is 23.7 Å². The number of rotatable bonds is 6. The fraction of sp³-hybridized carbons (Fsp3) is 0.538. The summed E-state index contributed by atoms with van der Waals surface area (Å²) in [6.07, 6.45) is -4.07. The molecule has 0 aliphatic rings. The molecule has 1 rings (SSSR count). The van der Waals surface area contributed by atoms with Gasteiger partial charge in [-0.2, -0.15) is 13.2 Å². The maximum Gasteiger partial charge on any atom is 0.389 e. The van der Waals surface area contributed by atoms with Crippen LogP contribution < -0.4 is 5.32 Å². The van der Waals surface area contributed by atoms with Crippen LogP contribution in [-0.2, 0) is 6.54 Å². The molecule has 0 spiro atoms. The molecule has 102 valence electrons. The molecule has 1 nitrogen and oxygen atoms in total. The summed E-state index contributed by atoms with van der Waals surface area (Å²) in [5, 5.41) is 3.79. The molecule has 0 unspecified atom stereocenters. The molecule has 0 aliphatic heterocycles. The lowest BCUT2D eigenvalue weighted by atomic mass is 10.1. The lowest BCUT2D eigenvalue weighted by Crippen LogP contribution is -2.16. The molecule has 18 heavy (non-hydrogen) atoms. The molecule has 0 heterocycles. The van der Waals surface area contributed by atoms with E-state index in [0.717, 1.165) is 11.1 Å². The second-order valence-electron chi connectivity index (χ2n) is 4.34. The average Bonchev–Trinajstić information content (AvgIpc) is 2.24. The van der Waals surface area contributed by atoms with Gasteiger partial charge in [0.2, 0.25) is 0 Å². The van der Waals surface area contributed by atoms with Gasteiger partial charge in [-0.25, -0.2) is 0 Å². The summed E-state index contributed by atoms with van der Waals surface area (Å²) in [7, 11) is 0. The van der Waals surface area contributed by atoms with Crippen LogP contribution in [0.5, 0.6) is 0 Å². The largest absolute Gasteiger partial charge is 0.389 e. The zero-order valence-corrected chi connectivity index (χ0v) is 11.0.